The molecule has 2 unspecified atom stereocenters. The minimum Gasteiger partial charge on any atom is -0.399 e. The number of carbonyl (C=O) groups excluding carboxylic acids is 1. The van der Waals surface area contributed by atoms with Crippen LogP contribution >= 0.6 is 11.3 Å². The summed E-state index contributed by atoms with van der Waals surface area (Å²) in [7, 11) is -0.379. The number of carbonyl (C=O) groups is 1. The quantitative estimate of drug-likeness (QED) is 0.457. The number of aryl methyl sites for hydroxylation is 1. The molecule has 2 fully saturated rings. The Hall–Kier alpha value is -1.70. The molecular weight excluding hydrogens is 407 g/mol. The van der Waals surface area contributed by atoms with Gasteiger partial charge >= 0.3 is 7.12 Å². The maximum absolute atomic E-state index is 13.0. The smallest absolute Gasteiger partial charge is 0.399 e. The second-order valence-electron chi connectivity index (χ2n) is 9.50. The highest BCUT2D eigenvalue weighted by Gasteiger charge is 2.54. The fourth-order valence-electron chi connectivity index (χ4n) is 4.51. The van der Waals surface area contributed by atoms with E-state index < -0.39 is 0 Å². The maximum atomic E-state index is 13.0. The lowest BCUT2D eigenvalue weighted by Crippen LogP contribution is -2.44. The van der Waals surface area contributed by atoms with Gasteiger partial charge in [0.15, 0.2) is 0 Å². The summed E-state index contributed by atoms with van der Waals surface area (Å²) in [5, 5.41) is 0.930. The predicted octanol–water partition coefficient (Wildman–Crippen LogP) is 4.83. The minimum atomic E-state index is -0.379. The summed E-state index contributed by atoms with van der Waals surface area (Å²) in [6.07, 6.45) is 7.20. The summed E-state index contributed by atoms with van der Waals surface area (Å²) in [4.78, 5) is 20.5. The molecular formula is C24H33BN2O3S. The third-order valence-electron chi connectivity index (χ3n) is 6.92. The first kappa shape index (κ1) is 22.5. The van der Waals surface area contributed by atoms with Gasteiger partial charge in [-0.3, -0.25) is 4.79 Å². The molecule has 0 bridgehead atoms. The molecule has 0 saturated carbocycles. The van der Waals surface area contributed by atoms with Crippen molar-refractivity contribution in [3.63, 3.8) is 0 Å². The Labute approximate surface area is 190 Å². The highest BCUT2D eigenvalue weighted by molar-refractivity contribution is 7.11. The topological polar surface area (TPSA) is 51.7 Å². The number of unbranched alkanes of at least 4 members (excludes halogenated alkanes) is 2. The fraction of sp³-hybridized carbons (Fsp3) is 0.583. The predicted molar refractivity (Wildman–Crippen MR) is 127 cm³/mol. The Morgan fingerprint density at radius 2 is 1.94 bits per heavy atom. The van der Waals surface area contributed by atoms with Crippen molar-refractivity contribution >= 4 is 35.5 Å². The van der Waals surface area contributed by atoms with E-state index in [0.29, 0.717) is 0 Å². The lowest BCUT2D eigenvalue weighted by Gasteiger charge is -2.36. The van der Waals surface area contributed by atoms with E-state index in [4.69, 9.17) is 9.31 Å². The number of hydrogen-bond acceptors (Lipinski definition) is 5. The maximum Gasteiger partial charge on any atom is 0.494 e. The Morgan fingerprint density at radius 1 is 1.19 bits per heavy atom. The van der Waals surface area contributed by atoms with Crippen molar-refractivity contribution in [3.8, 4) is 0 Å². The summed E-state index contributed by atoms with van der Waals surface area (Å²) in [6.45, 7) is 11.4. The van der Waals surface area contributed by atoms with Crippen LogP contribution in [0.1, 0.15) is 75.6 Å². The molecule has 5 nitrogen and oxygen atoms in total. The summed E-state index contributed by atoms with van der Waals surface area (Å²) >= 11 is 1.62. The summed E-state index contributed by atoms with van der Waals surface area (Å²) in [6, 6.07) is 8.08. The third kappa shape index (κ3) is 4.32. The monoisotopic (exact) mass is 440 g/mol. The van der Waals surface area contributed by atoms with Gasteiger partial charge in [0.1, 0.15) is 5.01 Å². The van der Waals surface area contributed by atoms with Gasteiger partial charge in [0.05, 0.1) is 17.1 Å². The van der Waals surface area contributed by atoms with Gasteiger partial charge in [-0.15, -0.1) is 11.3 Å². The molecule has 2 aromatic rings. The van der Waals surface area contributed by atoms with Crippen molar-refractivity contribution in [2.45, 2.75) is 83.8 Å². The van der Waals surface area contributed by atoms with Crippen molar-refractivity contribution in [1.29, 1.82) is 0 Å². The zero-order valence-corrected chi connectivity index (χ0v) is 20.1. The first-order valence-corrected chi connectivity index (χ1v) is 12.2. The number of anilines is 1. The standard InChI is InChI=1S/C24H33BN2O3S/c1-6-7-8-14-24(5)23(3,4)29-25(30-24)18-9-11-19(12-10-18)27-15-13-20(22(27)28)21-26-16-17(2)31-21/h9-12,16,20H,6-8,13-15H2,1-5H3. The molecule has 1 amide bonds. The van der Waals surface area contributed by atoms with E-state index in [2.05, 4.69) is 32.7 Å². The van der Waals surface area contributed by atoms with Crippen LogP contribution in [-0.4, -0.2) is 35.8 Å². The first-order valence-electron chi connectivity index (χ1n) is 11.4. The average molecular weight is 440 g/mol. The van der Waals surface area contributed by atoms with Crippen molar-refractivity contribution in [2.75, 3.05) is 11.4 Å². The molecule has 2 aliphatic rings. The summed E-state index contributed by atoms with van der Waals surface area (Å²) in [5.74, 6) is 0.0181. The number of aromatic nitrogens is 1. The molecule has 3 heterocycles. The lowest BCUT2D eigenvalue weighted by molar-refractivity contribution is -0.118. The van der Waals surface area contributed by atoms with Crippen molar-refractivity contribution in [3.05, 3.63) is 40.3 Å². The van der Waals surface area contributed by atoms with Crippen LogP contribution in [0, 0.1) is 6.92 Å². The number of rotatable bonds is 7. The largest absolute Gasteiger partial charge is 0.494 e. The van der Waals surface area contributed by atoms with Crippen LogP contribution in [0.4, 0.5) is 5.69 Å². The van der Waals surface area contributed by atoms with Gasteiger partial charge < -0.3 is 14.2 Å². The van der Waals surface area contributed by atoms with Gasteiger partial charge in [0.25, 0.3) is 0 Å². The minimum absolute atomic E-state index is 0.121. The second-order valence-corrected chi connectivity index (χ2v) is 10.8. The van der Waals surface area contributed by atoms with Crippen molar-refractivity contribution in [1.82, 2.24) is 4.98 Å². The molecule has 1 aromatic carbocycles. The van der Waals surface area contributed by atoms with E-state index in [1.807, 2.05) is 42.3 Å². The van der Waals surface area contributed by atoms with E-state index in [0.717, 1.165) is 46.8 Å². The molecule has 0 aliphatic carbocycles. The molecule has 1 aromatic heterocycles. The van der Waals surface area contributed by atoms with E-state index in [1.54, 1.807) is 11.3 Å². The zero-order valence-electron chi connectivity index (χ0n) is 19.3. The normalized spacial score (nSPS) is 25.6. The first-order chi connectivity index (χ1) is 14.7. The molecule has 7 heteroatoms. The highest BCUT2D eigenvalue weighted by atomic mass is 32.1. The molecule has 0 N–H and O–H groups in total. The van der Waals surface area contributed by atoms with Crippen LogP contribution in [0.2, 0.25) is 0 Å². The zero-order chi connectivity index (χ0) is 22.2. The SMILES string of the molecule is CCCCCC1(C)OB(c2ccc(N3CCC(c4ncc(C)s4)C3=O)cc2)OC1(C)C. The third-order valence-corrected chi connectivity index (χ3v) is 7.95. The van der Waals surface area contributed by atoms with Gasteiger partial charge in [-0.1, -0.05) is 38.3 Å². The Bertz CT molecular complexity index is 929. The number of amides is 1. The van der Waals surface area contributed by atoms with Crippen molar-refractivity contribution < 1.29 is 14.1 Å². The second kappa shape index (κ2) is 8.68. The van der Waals surface area contributed by atoms with Crippen LogP contribution in [0.15, 0.2) is 30.5 Å². The average Bonchev–Trinajstić information content (AvgIpc) is 3.38. The van der Waals surface area contributed by atoms with Gasteiger partial charge in [-0.05, 0) is 58.1 Å². The number of thiazole rings is 1. The fourth-order valence-corrected chi connectivity index (χ4v) is 5.41. The Balaban J connectivity index is 1.45. The molecule has 31 heavy (non-hydrogen) atoms. The van der Waals surface area contributed by atoms with Crippen molar-refractivity contribution in [2.24, 2.45) is 0 Å². The van der Waals surface area contributed by atoms with E-state index in [9.17, 15) is 4.79 Å². The molecule has 4 rings (SSSR count). The Morgan fingerprint density at radius 3 is 2.58 bits per heavy atom. The van der Waals surface area contributed by atoms with Crippen LogP contribution in [0.5, 0.6) is 0 Å². The Kier molecular flexibility index (Phi) is 6.30. The van der Waals surface area contributed by atoms with Crippen LogP contribution in [-0.2, 0) is 14.1 Å². The van der Waals surface area contributed by atoms with Gasteiger partial charge in [-0.25, -0.2) is 4.98 Å². The van der Waals surface area contributed by atoms with E-state index >= 15 is 0 Å². The van der Waals surface area contributed by atoms with Crippen LogP contribution in [0.3, 0.4) is 0 Å². The van der Waals surface area contributed by atoms with Crippen LogP contribution < -0.4 is 10.4 Å². The molecule has 0 spiro atoms. The van der Waals surface area contributed by atoms with Gasteiger partial charge in [-0.2, -0.15) is 0 Å². The lowest BCUT2D eigenvalue weighted by atomic mass is 9.79. The molecule has 2 atom stereocenters. The number of nitrogens with zero attached hydrogens (tertiary/aromatic N) is 2. The van der Waals surface area contributed by atoms with E-state index in [-0.39, 0.29) is 30.1 Å². The molecule has 2 aliphatic heterocycles. The number of benzene rings is 1. The molecule has 0 radical (unpaired) electrons. The van der Waals surface area contributed by atoms with E-state index in [1.165, 1.54) is 12.8 Å². The molecule has 166 valence electrons. The summed E-state index contributed by atoms with van der Waals surface area (Å²) in [5.41, 5.74) is 1.26. The van der Waals surface area contributed by atoms with Crippen LogP contribution in [0.25, 0.3) is 0 Å². The summed E-state index contributed by atoms with van der Waals surface area (Å²) < 4.78 is 12.8. The molecule has 2 saturated heterocycles. The number of hydrogen-bond donors (Lipinski definition) is 0. The van der Waals surface area contributed by atoms with Gasteiger partial charge in [0, 0.05) is 23.3 Å². The van der Waals surface area contributed by atoms with Gasteiger partial charge in [0.2, 0.25) is 5.91 Å². The highest BCUT2D eigenvalue weighted by Crippen LogP contribution is 2.41.